The molecule has 0 radical (unpaired) electrons. The zero-order valence-corrected chi connectivity index (χ0v) is 14.0. The minimum Gasteiger partial charge on any atom is -0.432 e. The van der Waals surface area contributed by atoms with Gasteiger partial charge in [0.05, 0.1) is 11.2 Å². The molecular weight excluding hydrogens is 278 g/mol. The number of fused-ring (bicyclic) bond motifs is 1. The van der Waals surface area contributed by atoms with Crippen LogP contribution in [0.5, 0.6) is 0 Å². The summed E-state index contributed by atoms with van der Waals surface area (Å²) in [6.07, 6.45) is 3.68. The first-order chi connectivity index (χ1) is 10.1. The second kappa shape index (κ2) is 4.85. The van der Waals surface area contributed by atoms with Gasteiger partial charge in [0, 0.05) is 17.0 Å². The lowest BCUT2D eigenvalue weighted by atomic mass is 9.79. The fraction of sp³-hybridized carbons (Fsp3) is 0.533. The highest BCUT2D eigenvalue weighted by Crippen LogP contribution is 2.37. The number of aromatic nitrogens is 2. The molecule has 1 N–H and O–H groups in total. The van der Waals surface area contributed by atoms with Gasteiger partial charge in [-0.3, -0.25) is 0 Å². The van der Waals surface area contributed by atoms with Gasteiger partial charge < -0.3 is 18.8 Å². The molecule has 5 nitrogen and oxygen atoms in total. The Hall–Kier alpha value is -1.30. The zero-order chi connectivity index (χ0) is 16.3. The van der Waals surface area contributed by atoms with E-state index >= 15 is 0 Å². The molecule has 1 aliphatic heterocycles. The van der Waals surface area contributed by atoms with Crippen molar-refractivity contribution in [1.82, 2.24) is 9.46 Å². The molecule has 0 atom stereocenters. The average Bonchev–Trinajstić information content (AvgIpc) is 2.84. The number of aryl methyl sites for hydroxylation is 1. The van der Waals surface area contributed by atoms with E-state index in [1.165, 1.54) is 0 Å². The van der Waals surface area contributed by atoms with Gasteiger partial charge in [-0.1, -0.05) is 0 Å². The molecule has 2 aromatic heterocycles. The fourth-order valence-electron chi connectivity index (χ4n) is 2.70. The van der Waals surface area contributed by atoms with E-state index in [2.05, 4.69) is 11.1 Å². The molecule has 0 saturated carbocycles. The third kappa shape index (κ3) is 2.28. The Bertz CT molecular complexity index is 709. The highest BCUT2D eigenvalue weighted by atomic mass is 16.7. The molecule has 116 valence electrons. The van der Waals surface area contributed by atoms with E-state index in [1.807, 2.05) is 40.8 Å². The van der Waals surface area contributed by atoms with Crippen molar-refractivity contribution in [2.24, 2.45) is 0 Å². The Balaban J connectivity index is 2.14. The minimum atomic E-state index is -0.658. The van der Waals surface area contributed by atoms with Crippen molar-refractivity contribution in [1.29, 1.82) is 0 Å². The first kappa shape index (κ1) is 15.6. The van der Waals surface area contributed by atoms with Crippen LogP contribution in [0.1, 0.15) is 33.3 Å². The number of hydrogen-bond acceptors (Lipinski definition) is 4. The second-order valence-electron chi connectivity index (χ2n) is 7.10. The monoisotopic (exact) mass is 300 g/mol. The largest absolute Gasteiger partial charge is 0.497 e. The third-order valence-corrected chi connectivity index (χ3v) is 4.75. The predicted octanol–water partition coefficient (Wildman–Crippen LogP) is 1.60. The summed E-state index contributed by atoms with van der Waals surface area (Å²) >= 11 is 0. The van der Waals surface area contributed by atoms with Crippen LogP contribution in [0.25, 0.3) is 11.0 Å². The molecule has 22 heavy (non-hydrogen) atoms. The van der Waals surface area contributed by atoms with Crippen LogP contribution in [0.4, 0.5) is 0 Å². The molecule has 1 aliphatic rings. The van der Waals surface area contributed by atoms with Crippen molar-refractivity contribution in [3.8, 4) is 0 Å². The van der Waals surface area contributed by atoms with Gasteiger partial charge in [-0.2, -0.15) is 0 Å². The van der Waals surface area contributed by atoms with Crippen LogP contribution >= 0.6 is 0 Å². The van der Waals surface area contributed by atoms with Crippen LogP contribution in [-0.4, -0.2) is 39.9 Å². The van der Waals surface area contributed by atoms with E-state index in [9.17, 15) is 5.02 Å². The second-order valence-corrected chi connectivity index (χ2v) is 7.10. The molecule has 1 saturated heterocycles. The molecule has 7 heteroatoms. The molecule has 1 fully saturated rings. The van der Waals surface area contributed by atoms with Gasteiger partial charge in [0.15, 0.2) is 0 Å². The van der Waals surface area contributed by atoms with Gasteiger partial charge in [0.1, 0.15) is 5.65 Å². The number of nitrogens with zero attached hydrogens (tertiary/aromatic N) is 2. The van der Waals surface area contributed by atoms with Crippen LogP contribution in [0, 0.1) is 6.92 Å². The standard InChI is InChI=1S/C15H22B2N2O3/c1-10-7-11-12(9-19(16(6)20)13(11)18-8-10)17-21-14(2,3)15(4,5)22-17/h7-9,20H,1-6H3. The maximum Gasteiger partial charge on any atom is 0.497 e. The van der Waals surface area contributed by atoms with E-state index < -0.39 is 25.4 Å². The predicted molar refractivity (Wildman–Crippen MR) is 89.4 cm³/mol. The van der Waals surface area contributed by atoms with E-state index in [1.54, 1.807) is 17.5 Å². The van der Waals surface area contributed by atoms with E-state index in [0.29, 0.717) is 0 Å². The average molecular weight is 300 g/mol. The van der Waals surface area contributed by atoms with E-state index in [-0.39, 0.29) is 0 Å². The Morgan fingerprint density at radius 2 is 1.82 bits per heavy atom. The van der Waals surface area contributed by atoms with Crippen LogP contribution in [0.2, 0.25) is 6.82 Å². The molecule has 0 amide bonds. The number of rotatable bonds is 2. The quantitative estimate of drug-likeness (QED) is 0.856. The molecule has 0 aromatic carbocycles. The van der Waals surface area contributed by atoms with Crippen LogP contribution < -0.4 is 5.46 Å². The fourth-order valence-corrected chi connectivity index (χ4v) is 2.70. The Kier molecular flexibility index (Phi) is 3.43. The Morgan fingerprint density at radius 3 is 2.36 bits per heavy atom. The summed E-state index contributed by atoms with van der Waals surface area (Å²) in [4.78, 5) is 4.46. The molecule has 3 heterocycles. The lowest BCUT2D eigenvalue weighted by Gasteiger charge is -2.32. The van der Waals surface area contributed by atoms with Crippen LogP contribution in [-0.2, 0) is 9.31 Å². The summed E-state index contributed by atoms with van der Waals surface area (Å²) in [6.45, 7) is 11.8. The van der Waals surface area contributed by atoms with Gasteiger partial charge in [0.25, 0.3) is 0 Å². The van der Waals surface area contributed by atoms with E-state index in [4.69, 9.17) is 9.31 Å². The number of pyridine rings is 1. The normalized spacial score (nSPS) is 19.9. The molecule has 0 aliphatic carbocycles. The van der Waals surface area contributed by atoms with Gasteiger partial charge in [-0.25, -0.2) is 4.98 Å². The van der Waals surface area contributed by atoms with Crippen molar-refractivity contribution >= 4 is 30.7 Å². The lowest BCUT2D eigenvalue weighted by Crippen LogP contribution is -2.41. The SMILES string of the molecule is CB(O)n1cc(B2OC(C)(C)C(C)(C)O2)c2cc(C)cnc21. The molecular formula is C15H22B2N2O3. The van der Waals surface area contributed by atoms with Gasteiger partial charge in [-0.05, 0) is 59.3 Å². The van der Waals surface area contributed by atoms with E-state index in [0.717, 1.165) is 22.1 Å². The Labute approximate surface area is 131 Å². The summed E-state index contributed by atoms with van der Waals surface area (Å²) in [5.41, 5.74) is 1.92. The first-order valence-corrected chi connectivity index (χ1v) is 7.63. The Morgan fingerprint density at radius 1 is 1.23 bits per heavy atom. The molecule has 0 bridgehead atoms. The summed E-state index contributed by atoms with van der Waals surface area (Å²) in [6, 6.07) is 2.06. The highest BCUT2D eigenvalue weighted by molar-refractivity contribution is 6.66. The first-order valence-electron chi connectivity index (χ1n) is 7.63. The van der Waals surface area contributed by atoms with Gasteiger partial charge >= 0.3 is 14.2 Å². The molecule has 3 rings (SSSR count). The van der Waals surface area contributed by atoms with Crippen LogP contribution in [0.15, 0.2) is 18.5 Å². The molecule has 2 aromatic rings. The minimum absolute atomic E-state index is 0.395. The smallest absolute Gasteiger partial charge is 0.432 e. The highest BCUT2D eigenvalue weighted by Gasteiger charge is 2.52. The zero-order valence-electron chi connectivity index (χ0n) is 14.0. The lowest BCUT2D eigenvalue weighted by molar-refractivity contribution is 0.00578. The van der Waals surface area contributed by atoms with Crippen LogP contribution in [0.3, 0.4) is 0 Å². The van der Waals surface area contributed by atoms with Crippen molar-refractivity contribution in [3.05, 3.63) is 24.0 Å². The molecule has 0 spiro atoms. The van der Waals surface area contributed by atoms with Gasteiger partial charge in [0.2, 0.25) is 0 Å². The number of hydrogen-bond donors (Lipinski definition) is 1. The topological polar surface area (TPSA) is 56.5 Å². The maximum absolute atomic E-state index is 9.99. The summed E-state index contributed by atoms with van der Waals surface area (Å²) in [5.74, 6) is 0. The summed E-state index contributed by atoms with van der Waals surface area (Å²) < 4.78 is 14.0. The summed E-state index contributed by atoms with van der Waals surface area (Å²) in [5, 5.41) is 11.0. The molecule has 0 unspecified atom stereocenters. The van der Waals surface area contributed by atoms with Crippen molar-refractivity contribution in [2.45, 2.75) is 52.6 Å². The van der Waals surface area contributed by atoms with Gasteiger partial charge in [-0.15, -0.1) is 0 Å². The van der Waals surface area contributed by atoms with Crippen molar-refractivity contribution in [3.63, 3.8) is 0 Å². The maximum atomic E-state index is 9.99. The third-order valence-electron chi connectivity index (χ3n) is 4.75. The van der Waals surface area contributed by atoms with Crippen molar-refractivity contribution in [2.75, 3.05) is 0 Å². The summed E-state index contributed by atoms with van der Waals surface area (Å²) in [7, 11) is -1.12. The van der Waals surface area contributed by atoms with Crippen molar-refractivity contribution < 1.29 is 14.3 Å².